The highest BCUT2D eigenvalue weighted by atomic mass is 19.1. The molecule has 0 radical (unpaired) electrons. The summed E-state index contributed by atoms with van der Waals surface area (Å²) >= 11 is 0. The molecule has 1 N–H and O–H groups in total. The van der Waals surface area contributed by atoms with Crippen LogP contribution >= 0.6 is 0 Å². The smallest absolute Gasteiger partial charge is 0.251 e. The number of halogens is 1. The minimum Gasteiger partial charge on any atom is -0.350 e. The molecular weight excluding hydrogens is 255 g/mol. The Bertz CT molecular complexity index is 401. The summed E-state index contributed by atoms with van der Waals surface area (Å²) in [4.78, 5) is 14.3. The molecule has 0 saturated carbocycles. The second-order valence-electron chi connectivity index (χ2n) is 5.05. The zero-order valence-electron chi connectivity index (χ0n) is 12.7. The fourth-order valence-corrected chi connectivity index (χ4v) is 2.14. The molecule has 0 spiro atoms. The predicted molar refractivity (Wildman–Crippen MR) is 80.4 cm³/mol. The SMILES string of the molecule is CCN(CC)CCCC(C)NC(=O)c1ccc(F)cc1. The van der Waals surface area contributed by atoms with E-state index < -0.39 is 0 Å². The molecule has 4 heteroatoms. The molecule has 0 fully saturated rings. The summed E-state index contributed by atoms with van der Waals surface area (Å²) in [6.45, 7) is 9.50. The molecule has 0 saturated heterocycles. The molecule has 0 heterocycles. The lowest BCUT2D eigenvalue weighted by molar-refractivity contribution is 0.0937. The highest BCUT2D eigenvalue weighted by Gasteiger charge is 2.10. The standard InChI is InChI=1S/C16H25FN2O/c1-4-19(5-2)12-6-7-13(3)18-16(20)14-8-10-15(17)11-9-14/h8-11,13H,4-7,12H2,1-3H3,(H,18,20). The van der Waals surface area contributed by atoms with E-state index in [2.05, 4.69) is 24.1 Å². The quantitative estimate of drug-likeness (QED) is 0.793. The van der Waals surface area contributed by atoms with Gasteiger partial charge in [-0.2, -0.15) is 0 Å². The van der Waals surface area contributed by atoms with Crippen molar-refractivity contribution >= 4 is 5.91 Å². The number of hydrogen-bond acceptors (Lipinski definition) is 2. The van der Waals surface area contributed by atoms with Crippen LogP contribution in [-0.4, -0.2) is 36.5 Å². The van der Waals surface area contributed by atoms with Crippen LogP contribution in [0.15, 0.2) is 24.3 Å². The Hall–Kier alpha value is -1.42. The van der Waals surface area contributed by atoms with E-state index in [1.165, 1.54) is 24.3 Å². The Labute approximate surface area is 121 Å². The van der Waals surface area contributed by atoms with E-state index in [9.17, 15) is 9.18 Å². The van der Waals surface area contributed by atoms with Crippen LogP contribution in [0, 0.1) is 5.82 Å². The molecule has 0 aliphatic heterocycles. The molecule has 0 aliphatic rings. The van der Waals surface area contributed by atoms with Crippen molar-refractivity contribution in [2.45, 2.75) is 39.7 Å². The maximum atomic E-state index is 12.8. The van der Waals surface area contributed by atoms with Gasteiger partial charge in [0.1, 0.15) is 5.82 Å². The summed E-state index contributed by atoms with van der Waals surface area (Å²) in [5.41, 5.74) is 0.502. The van der Waals surface area contributed by atoms with Crippen molar-refractivity contribution in [2.24, 2.45) is 0 Å². The van der Waals surface area contributed by atoms with Crippen LogP contribution in [0.25, 0.3) is 0 Å². The number of nitrogens with zero attached hydrogens (tertiary/aromatic N) is 1. The van der Waals surface area contributed by atoms with Gasteiger partial charge < -0.3 is 10.2 Å². The molecule has 1 atom stereocenters. The van der Waals surface area contributed by atoms with Gasteiger partial charge in [0.2, 0.25) is 0 Å². The molecule has 1 rings (SSSR count). The molecule has 20 heavy (non-hydrogen) atoms. The first kappa shape index (κ1) is 16.6. The summed E-state index contributed by atoms with van der Waals surface area (Å²) in [5, 5.41) is 2.95. The summed E-state index contributed by atoms with van der Waals surface area (Å²) < 4.78 is 12.8. The van der Waals surface area contributed by atoms with Crippen molar-refractivity contribution in [3.63, 3.8) is 0 Å². The molecule has 0 bridgehead atoms. The molecule has 1 aromatic rings. The molecule has 112 valence electrons. The maximum absolute atomic E-state index is 12.8. The second kappa shape index (κ2) is 8.69. The highest BCUT2D eigenvalue weighted by molar-refractivity contribution is 5.94. The normalized spacial score (nSPS) is 12.4. The van der Waals surface area contributed by atoms with Crippen molar-refractivity contribution in [2.75, 3.05) is 19.6 Å². The average Bonchev–Trinajstić information content (AvgIpc) is 2.44. The molecule has 0 aliphatic carbocycles. The van der Waals surface area contributed by atoms with Crippen molar-refractivity contribution in [3.05, 3.63) is 35.6 Å². The van der Waals surface area contributed by atoms with E-state index in [4.69, 9.17) is 0 Å². The van der Waals surface area contributed by atoms with Gasteiger partial charge in [-0.3, -0.25) is 4.79 Å². The van der Waals surface area contributed by atoms with Crippen LogP contribution in [0.3, 0.4) is 0 Å². The second-order valence-corrected chi connectivity index (χ2v) is 5.05. The fraction of sp³-hybridized carbons (Fsp3) is 0.562. The van der Waals surface area contributed by atoms with Gasteiger partial charge >= 0.3 is 0 Å². The Morgan fingerprint density at radius 3 is 2.40 bits per heavy atom. The van der Waals surface area contributed by atoms with Crippen LogP contribution < -0.4 is 5.32 Å². The zero-order valence-corrected chi connectivity index (χ0v) is 12.7. The summed E-state index contributed by atoms with van der Waals surface area (Å²) in [5.74, 6) is -0.464. The number of nitrogens with one attached hydrogen (secondary N) is 1. The minimum absolute atomic E-state index is 0.128. The van der Waals surface area contributed by atoms with Crippen molar-refractivity contribution in [3.8, 4) is 0 Å². The van der Waals surface area contributed by atoms with Gasteiger partial charge in [0, 0.05) is 11.6 Å². The Kier molecular flexibility index (Phi) is 7.23. The zero-order chi connectivity index (χ0) is 15.0. The van der Waals surface area contributed by atoms with E-state index in [1.54, 1.807) is 0 Å². The lowest BCUT2D eigenvalue weighted by Crippen LogP contribution is -2.33. The van der Waals surface area contributed by atoms with Crippen LogP contribution in [-0.2, 0) is 0 Å². The van der Waals surface area contributed by atoms with Gasteiger partial charge in [0.05, 0.1) is 0 Å². The van der Waals surface area contributed by atoms with E-state index >= 15 is 0 Å². The fourth-order valence-electron chi connectivity index (χ4n) is 2.14. The Morgan fingerprint density at radius 1 is 1.25 bits per heavy atom. The van der Waals surface area contributed by atoms with E-state index in [1.807, 2.05) is 6.92 Å². The summed E-state index contributed by atoms with van der Waals surface area (Å²) in [6, 6.07) is 5.75. The van der Waals surface area contributed by atoms with Crippen LogP contribution in [0.5, 0.6) is 0 Å². The van der Waals surface area contributed by atoms with E-state index in [0.717, 1.165) is 32.5 Å². The topological polar surface area (TPSA) is 32.3 Å². The third kappa shape index (κ3) is 5.70. The largest absolute Gasteiger partial charge is 0.350 e. The van der Waals surface area contributed by atoms with Gasteiger partial charge in [0.15, 0.2) is 0 Å². The van der Waals surface area contributed by atoms with Crippen molar-refractivity contribution < 1.29 is 9.18 Å². The Morgan fingerprint density at radius 2 is 1.85 bits per heavy atom. The maximum Gasteiger partial charge on any atom is 0.251 e. The predicted octanol–water partition coefficient (Wildman–Crippen LogP) is 3.07. The van der Waals surface area contributed by atoms with Crippen molar-refractivity contribution in [1.29, 1.82) is 0 Å². The van der Waals surface area contributed by atoms with Crippen LogP contribution in [0.4, 0.5) is 4.39 Å². The number of hydrogen-bond donors (Lipinski definition) is 1. The first-order chi connectivity index (χ1) is 9.56. The van der Waals surface area contributed by atoms with E-state index in [-0.39, 0.29) is 17.8 Å². The number of benzene rings is 1. The van der Waals surface area contributed by atoms with Gasteiger partial charge in [-0.25, -0.2) is 4.39 Å². The van der Waals surface area contributed by atoms with Gasteiger partial charge in [0.25, 0.3) is 5.91 Å². The number of rotatable bonds is 8. The average molecular weight is 280 g/mol. The molecule has 0 aromatic heterocycles. The van der Waals surface area contributed by atoms with E-state index in [0.29, 0.717) is 5.56 Å². The highest BCUT2D eigenvalue weighted by Crippen LogP contribution is 2.05. The summed E-state index contributed by atoms with van der Waals surface area (Å²) in [7, 11) is 0. The molecular formula is C16H25FN2O. The number of amides is 1. The third-order valence-electron chi connectivity index (χ3n) is 3.49. The molecule has 1 amide bonds. The summed E-state index contributed by atoms with van der Waals surface area (Å²) in [6.07, 6.45) is 2.01. The molecule has 1 unspecified atom stereocenters. The minimum atomic E-state index is -0.325. The lowest BCUT2D eigenvalue weighted by Gasteiger charge is -2.19. The number of carbonyl (C=O) groups is 1. The molecule has 1 aromatic carbocycles. The van der Waals surface area contributed by atoms with Crippen LogP contribution in [0.1, 0.15) is 44.0 Å². The van der Waals surface area contributed by atoms with Gasteiger partial charge in [-0.15, -0.1) is 0 Å². The van der Waals surface area contributed by atoms with Gasteiger partial charge in [-0.1, -0.05) is 13.8 Å². The Balaban J connectivity index is 2.33. The monoisotopic (exact) mass is 280 g/mol. The first-order valence-electron chi connectivity index (χ1n) is 7.35. The first-order valence-corrected chi connectivity index (χ1v) is 7.35. The third-order valence-corrected chi connectivity index (χ3v) is 3.49. The van der Waals surface area contributed by atoms with Crippen molar-refractivity contribution in [1.82, 2.24) is 10.2 Å². The number of carbonyl (C=O) groups excluding carboxylic acids is 1. The molecule has 3 nitrogen and oxygen atoms in total. The van der Waals surface area contributed by atoms with Crippen LogP contribution in [0.2, 0.25) is 0 Å². The lowest BCUT2D eigenvalue weighted by atomic mass is 10.1. The van der Waals surface area contributed by atoms with Gasteiger partial charge in [-0.05, 0) is 63.7 Å².